The van der Waals surface area contributed by atoms with Crippen LogP contribution in [0.15, 0.2) is 24.8 Å². The highest BCUT2D eigenvalue weighted by Gasteiger charge is 2.25. The van der Waals surface area contributed by atoms with Crippen molar-refractivity contribution in [2.75, 3.05) is 5.32 Å². The average molecular weight is 189 g/mol. The van der Waals surface area contributed by atoms with Crippen LogP contribution < -0.4 is 5.32 Å². The van der Waals surface area contributed by atoms with Crippen molar-refractivity contribution < 1.29 is 9.90 Å². The van der Waals surface area contributed by atoms with E-state index in [1.807, 2.05) is 18.2 Å². The van der Waals surface area contributed by atoms with Gasteiger partial charge in [-0.05, 0) is 23.3 Å². The van der Waals surface area contributed by atoms with E-state index >= 15 is 0 Å². The van der Waals surface area contributed by atoms with E-state index in [1.165, 1.54) is 0 Å². The lowest BCUT2D eigenvalue weighted by Crippen LogP contribution is -2.26. The van der Waals surface area contributed by atoms with Gasteiger partial charge in [-0.25, -0.2) is 4.79 Å². The van der Waals surface area contributed by atoms with Gasteiger partial charge in [-0.15, -0.1) is 0 Å². The molecule has 2 rings (SSSR count). The molecule has 0 saturated heterocycles. The van der Waals surface area contributed by atoms with Crippen molar-refractivity contribution >= 4 is 17.7 Å². The highest BCUT2D eigenvalue weighted by Crippen LogP contribution is 2.27. The number of hydrogen-bond acceptors (Lipinski definition) is 2. The van der Waals surface area contributed by atoms with Crippen LogP contribution >= 0.6 is 0 Å². The molecule has 3 heteroatoms. The van der Waals surface area contributed by atoms with Crippen molar-refractivity contribution in [2.24, 2.45) is 0 Å². The van der Waals surface area contributed by atoms with Crippen molar-refractivity contribution in [3.63, 3.8) is 0 Å². The van der Waals surface area contributed by atoms with Crippen LogP contribution in [0.2, 0.25) is 0 Å². The molecular weight excluding hydrogens is 178 g/mol. The van der Waals surface area contributed by atoms with Gasteiger partial charge in [0.1, 0.15) is 6.04 Å². The first kappa shape index (κ1) is 8.81. The third kappa shape index (κ3) is 1.37. The minimum Gasteiger partial charge on any atom is -0.480 e. The Balaban J connectivity index is 2.31. The SMILES string of the molecule is C=Cc1ccc2c(c1)C[C@@H](C(=O)O)N2. The summed E-state index contributed by atoms with van der Waals surface area (Å²) >= 11 is 0. The Labute approximate surface area is 82.1 Å². The number of rotatable bonds is 2. The molecular formula is C11H11NO2. The molecule has 0 unspecified atom stereocenters. The van der Waals surface area contributed by atoms with Crippen LogP contribution in [0.1, 0.15) is 11.1 Å². The fourth-order valence-corrected chi connectivity index (χ4v) is 1.66. The third-order valence-electron chi connectivity index (χ3n) is 2.42. The summed E-state index contributed by atoms with van der Waals surface area (Å²) in [5, 5.41) is 11.8. The quantitative estimate of drug-likeness (QED) is 0.745. The standard InChI is InChI=1S/C11H11NO2/c1-2-7-3-4-9-8(5-7)6-10(12-9)11(13)14/h2-5,10,12H,1,6H2,(H,13,14)/t10-/m0/s1. The normalized spacial score (nSPS) is 18.4. The van der Waals surface area contributed by atoms with Crippen LogP contribution in [0.3, 0.4) is 0 Å². The molecule has 1 aliphatic heterocycles. The second-order valence-corrected chi connectivity index (χ2v) is 3.36. The summed E-state index contributed by atoms with van der Waals surface area (Å²) in [4.78, 5) is 10.7. The molecule has 0 amide bonds. The van der Waals surface area contributed by atoms with E-state index in [1.54, 1.807) is 6.08 Å². The molecule has 0 spiro atoms. The Morgan fingerprint density at radius 2 is 2.43 bits per heavy atom. The summed E-state index contributed by atoms with van der Waals surface area (Å²) in [6.45, 7) is 3.67. The Kier molecular flexibility index (Phi) is 2.00. The first-order valence-corrected chi connectivity index (χ1v) is 4.45. The number of anilines is 1. The van der Waals surface area contributed by atoms with Gasteiger partial charge >= 0.3 is 5.97 Å². The fraction of sp³-hybridized carbons (Fsp3) is 0.182. The van der Waals surface area contributed by atoms with Gasteiger partial charge < -0.3 is 10.4 Å². The zero-order valence-corrected chi connectivity index (χ0v) is 7.66. The van der Waals surface area contributed by atoms with Crippen molar-refractivity contribution in [1.82, 2.24) is 0 Å². The van der Waals surface area contributed by atoms with E-state index in [4.69, 9.17) is 5.11 Å². The molecule has 3 nitrogen and oxygen atoms in total. The maximum absolute atomic E-state index is 10.7. The summed E-state index contributed by atoms with van der Waals surface area (Å²) in [7, 11) is 0. The lowest BCUT2D eigenvalue weighted by atomic mass is 10.1. The highest BCUT2D eigenvalue weighted by atomic mass is 16.4. The Morgan fingerprint density at radius 3 is 3.07 bits per heavy atom. The molecule has 1 atom stereocenters. The Morgan fingerprint density at radius 1 is 1.64 bits per heavy atom. The summed E-state index contributed by atoms with van der Waals surface area (Å²) in [5.74, 6) is -0.804. The molecule has 0 aromatic heterocycles. The molecule has 0 bridgehead atoms. The molecule has 72 valence electrons. The highest BCUT2D eigenvalue weighted by molar-refractivity contribution is 5.81. The number of nitrogens with one attached hydrogen (secondary N) is 1. The van der Waals surface area contributed by atoms with Crippen LogP contribution in [0.25, 0.3) is 6.08 Å². The fourth-order valence-electron chi connectivity index (χ4n) is 1.66. The second kappa shape index (κ2) is 3.18. The van der Waals surface area contributed by atoms with Crippen molar-refractivity contribution in [3.8, 4) is 0 Å². The molecule has 0 aliphatic carbocycles. The lowest BCUT2D eigenvalue weighted by Gasteiger charge is -2.03. The monoisotopic (exact) mass is 189 g/mol. The van der Waals surface area contributed by atoms with E-state index in [0.717, 1.165) is 16.8 Å². The zero-order chi connectivity index (χ0) is 10.1. The van der Waals surface area contributed by atoms with Crippen LogP contribution in [-0.2, 0) is 11.2 Å². The molecule has 14 heavy (non-hydrogen) atoms. The van der Waals surface area contributed by atoms with Crippen molar-refractivity contribution in [1.29, 1.82) is 0 Å². The van der Waals surface area contributed by atoms with Gasteiger partial charge in [0.25, 0.3) is 0 Å². The van der Waals surface area contributed by atoms with Gasteiger partial charge in [0.05, 0.1) is 0 Å². The summed E-state index contributed by atoms with van der Waals surface area (Å²) < 4.78 is 0. The number of aliphatic carboxylic acids is 1. The van der Waals surface area contributed by atoms with E-state index in [0.29, 0.717) is 6.42 Å². The number of hydrogen-bond donors (Lipinski definition) is 2. The van der Waals surface area contributed by atoms with Gasteiger partial charge in [0, 0.05) is 12.1 Å². The molecule has 0 radical (unpaired) electrons. The van der Waals surface area contributed by atoms with Crippen LogP contribution in [-0.4, -0.2) is 17.1 Å². The minimum absolute atomic E-state index is 0.481. The number of fused-ring (bicyclic) bond motifs is 1. The smallest absolute Gasteiger partial charge is 0.326 e. The molecule has 1 aromatic rings. The van der Waals surface area contributed by atoms with Gasteiger partial charge in [-0.3, -0.25) is 0 Å². The minimum atomic E-state index is -0.804. The molecule has 1 aromatic carbocycles. The van der Waals surface area contributed by atoms with Gasteiger partial charge in [-0.2, -0.15) is 0 Å². The third-order valence-corrected chi connectivity index (χ3v) is 2.42. The predicted molar refractivity (Wildman–Crippen MR) is 55.3 cm³/mol. The van der Waals surface area contributed by atoms with Crippen molar-refractivity contribution in [3.05, 3.63) is 35.9 Å². The van der Waals surface area contributed by atoms with Crippen LogP contribution in [0.4, 0.5) is 5.69 Å². The van der Waals surface area contributed by atoms with Gasteiger partial charge in [0.2, 0.25) is 0 Å². The lowest BCUT2D eigenvalue weighted by molar-refractivity contribution is -0.137. The number of carbonyl (C=O) groups is 1. The van der Waals surface area contributed by atoms with E-state index in [-0.39, 0.29) is 0 Å². The topological polar surface area (TPSA) is 49.3 Å². The van der Waals surface area contributed by atoms with Gasteiger partial charge in [-0.1, -0.05) is 18.7 Å². The van der Waals surface area contributed by atoms with Gasteiger partial charge in [0.15, 0.2) is 0 Å². The van der Waals surface area contributed by atoms with Crippen molar-refractivity contribution in [2.45, 2.75) is 12.5 Å². The van der Waals surface area contributed by atoms with E-state index < -0.39 is 12.0 Å². The summed E-state index contributed by atoms with van der Waals surface area (Å²) in [5.41, 5.74) is 2.99. The number of benzene rings is 1. The number of carboxylic acid groups (broad SMARTS) is 1. The molecule has 0 saturated carbocycles. The first-order chi connectivity index (χ1) is 6.70. The maximum Gasteiger partial charge on any atom is 0.326 e. The summed E-state index contributed by atoms with van der Waals surface area (Å²) in [6, 6.07) is 5.31. The average Bonchev–Trinajstić information content (AvgIpc) is 2.59. The maximum atomic E-state index is 10.7. The Bertz CT molecular complexity index is 398. The largest absolute Gasteiger partial charge is 0.480 e. The van der Waals surface area contributed by atoms with Crippen LogP contribution in [0, 0.1) is 0 Å². The van der Waals surface area contributed by atoms with E-state index in [9.17, 15) is 4.79 Å². The second-order valence-electron chi connectivity index (χ2n) is 3.36. The number of carboxylic acids is 1. The van der Waals surface area contributed by atoms with E-state index in [2.05, 4.69) is 11.9 Å². The zero-order valence-electron chi connectivity index (χ0n) is 7.66. The summed E-state index contributed by atoms with van der Waals surface area (Å²) in [6.07, 6.45) is 2.31. The van der Waals surface area contributed by atoms with Crippen LogP contribution in [0.5, 0.6) is 0 Å². The molecule has 1 heterocycles. The molecule has 1 aliphatic rings. The predicted octanol–water partition coefficient (Wildman–Crippen LogP) is 1.75. The molecule has 2 N–H and O–H groups in total. The first-order valence-electron chi connectivity index (χ1n) is 4.45. The Hall–Kier alpha value is -1.77. The molecule has 0 fully saturated rings.